The minimum absolute atomic E-state index is 0.181. The van der Waals surface area contributed by atoms with Gasteiger partial charge in [-0.1, -0.05) is 36.1 Å². The van der Waals surface area contributed by atoms with E-state index in [1.165, 1.54) is 16.7 Å². The molecule has 0 radical (unpaired) electrons. The highest BCUT2D eigenvalue weighted by Crippen LogP contribution is 2.40. The molecule has 1 aromatic heterocycles. The SMILES string of the molecule is CCOc1ccccc1N1C(=O)C(=Cc2ccc(Br)o2)SC1=S. The zero-order valence-electron chi connectivity index (χ0n) is 12.1. The molecule has 0 bridgehead atoms. The molecular weight excluding hydrogens is 398 g/mol. The summed E-state index contributed by atoms with van der Waals surface area (Å²) >= 11 is 9.86. The van der Waals surface area contributed by atoms with E-state index in [0.29, 0.717) is 37.7 Å². The molecule has 7 heteroatoms. The highest BCUT2D eigenvalue weighted by atomic mass is 79.9. The number of anilines is 1. The highest BCUT2D eigenvalue weighted by molar-refractivity contribution is 9.10. The molecule has 1 fully saturated rings. The number of para-hydroxylation sites is 2. The van der Waals surface area contributed by atoms with Crippen molar-refractivity contribution < 1.29 is 13.9 Å². The van der Waals surface area contributed by atoms with Crippen LogP contribution in [0.15, 0.2) is 50.4 Å². The van der Waals surface area contributed by atoms with Crippen molar-refractivity contribution in [2.45, 2.75) is 6.92 Å². The fraction of sp³-hybridized carbons (Fsp3) is 0.125. The number of thiocarbonyl (C=S) groups is 1. The molecule has 1 amide bonds. The van der Waals surface area contributed by atoms with Gasteiger partial charge < -0.3 is 9.15 Å². The molecule has 0 saturated carbocycles. The van der Waals surface area contributed by atoms with Gasteiger partial charge in [-0.3, -0.25) is 9.69 Å². The lowest BCUT2D eigenvalue weighted by atomic mass is 10.2. The van der Waals surface area contributed by atoms with Crippen LogP contribution >= 0.6 is 39.9 Å². The Morgan fingerprint density at radius 3 is 2.83 bits per heavy atom. The molecule has 1 saturated heterocycles. The molecule has 1 aromatic carbocycles. The molecule has 0 aliphatic carbocycles. The van der Waals surface area contributed by atoms with Crippen LogP contribution in [0, 0.1) is 0 Å². The largest absolute Gasteiger partial charge is 0.492 e. The second kappa shape index (κ2) is 6.90. The van der Waals surface area contributed by atoms with Gasteiger partial charge in [-0.15, -0.1) is 0 Å². The lowest BCUT2D eigenvalue weighted by Crippen LogP contribution is -2.28. The van der Waals surface area contributed by atoms with E-state index in [-0.39, 0.29) is 5.91 Å². The van der Waals surface area contributed by atoms with Gasteiger partial charge in [0.15, 0.2) is 8.99 Å². The molecule has 0 spiro atoms. The van der Waals surface area contributed by atoms with Crippen molar-refractivity contribution >= 4 is 61.9 Å². The number of thioether (sulfide) groups is 1. The first-order valence-electron chi connectivity index (χ1n) is 6.85. The summed E-state index contributed by atoms with van der Waals surface area (Å²) in [5.74, 6) is 1.04. The molecule has 0 unspecified atom stereocenters. The number of ether oxygens (including phenoxy) is 1. The maximum atomic E-state index is 12.7. The van der Waals surface area contributed by atoms with Gasteiger partial charge in [0.2, 0.25) is 0 Å². The van der Waals surface area contributed by atoms with Gasteiger partial charge in [0.1, 0.15) is 11.5 Å². The first kappa shape index (κ1) is 16.3. The van der Waals surface area contributed by atoms with Crippen molar-refractivity contribution in [1.29, 1.82) is 0 Å². The zero-order chi connectivity index (χ0) is 16.4. The van der Waals surface area contributed by atoms with Crippen LogP contribution in [0.4, 0.5) is 5.69 Å². The summed E-state index contributed by atoms with van der Waals surface area (Å²) in [4.78, 5) is 14.7. The fourth-order valence-electron chi connectivity index (χ4n) is 2.13. The monoisotopic (exact) mass is 409 g/mol. The van der Waals surface area contributed by atoms with Crippen LogP contribution in [0.3, 0.4) is 0 Å². The smallest absolute Gasteiger partial charge is 0.271 e. The summed E-state index contributed by atoms with van der Waals surface area (Å²) in [5, 5.41) is 0. The normalized spacial score (nSPS) is 16.4. The standard InChI is InChI=1S/C16H12BrNO3S2/c1-2-20-12-6-4-3-5-11(12)18-15(19)13(23-16(18)22)9-10-7-8-14(17)21-10/h3-9H,2H2,1H3. The van der Waals surface area contributed by atoms with Crippen molar-refractivity contribution in [1.82, 2.24) is 0 Å². The maximum absolute atomic E-state index is 12.7. The quantitative estimate of drug-likeness (QED) is 0.533. The third-order valence-corrected chi connectivity index (χ3v) is 4.80. The van der Waals surface area contributed by atoms with Crippen molar-refractivity contribution in [3.8, 4) is 5.75 Å². The van der Waals surface area contributed by atoms with Gasteiger partial charge >= 0.3 is 0 Å². The van der Waals surface area contributed by atoms with Gasteiger partial charge in [-0.2, -0.15) is 0 Å². The number of carbonyl (C=O) groups is 1. The van der Waals surface area contributed by atoms with Crippen molar-refractivity contribution in [2.75, 3.05) is 11.5 Å². The summed E-state index contributed by atoms with van der Waals surface area (Å²) in [7, 11) is 0. The number of amides is 1. The van der Waals surface area contributed by atoms with E-state index >= 15 is 0 Å². The van der Waals surface area contributed by atoms with Crippen molar-refractivity contribution in [3.63, 3.8) is 0 Å². The number of rotatable bonds is 4. The molecule has 118 valence electrons. The summed E-state index contributed by atoms with van der Waals surface area (Å²) in [5.41, 5.74) is 0.654. The molecule has 0 N–H and O–H groups in total. The Kier molecular flexibility index (Phi) is 4.89. The molecular formula is C16H12BrNO3S2. The molecule has 3 rings (SSSR count). The number of carbonyl (C=O) groups excluding carboxylic acids is 1. The third-order valence-electron chi connectivity index (χ3n) is 3.07. The zero-order valence-corrected chi connectivity index (χ0v) is 15.3. The van der Waals surface area contributed by atoms with Crippen LogP contribution in [0.5, 0.6) is 5.75 Å². The second-order valence-corrected chi connectivity index (χ2v) is 7.02. The summed E-state index contributed by atoms with van der Waals surface area (Å²) in [6, 6.07) is 10.9. The maximum Gasteiger partial charge on any atom is 0.271 e. The van der Waals surface area contributed by atoms with E-state index < -0.39 is 0 Å². The Hall–Kier alpha value is -1.57. The average molecular weight is 410 g/mol. The highest BCUT2D eigenvalue weighted by Gasteiger charge is 2.35. The Morgan fingerprint density at radius 2 is 2.13 bits per heavy atom. The van der Waals surface area contributed by atoms with Crippen LogP contribution in [0.1, 0.15) is 12.7 Å². The van der Waals surface area contributed by atoms with E-state index in [9.17, 15) is 4.79 Å². The molecule has 0 atom stereocenters. The van der Waals surface area contributed by atoms with Crippen LogP contribution in [-0.4, -0.2) is 16.8 Å². The van der Waals surface area contributed by atoms with Crippen molar-refractivity contribution in [2.24, 2.45) is 0 Å². The van der Waals surface area contributed by atoms with Gasteiger partial charge in [-0.05, 0) is 47.1 Å². The summed E-state index contributed by atoms with van der Waals surface area (Å²) in [6.45, 7) is 2.41. The van der Waals surface area contributed by atoms with Crippen LogP contribution in [0.25, 0.3) is 6.08 Å². The van der Waals surface area contributed by atoms with Gasteiger partial charge in [0.25, 0.3) is 5.91 Å². The topological polar surface area (TPSA) is 42.7 Å². The molecule has 2 aromatic rings. The van der Waals surface area contributed by atoms with E-state index in [4.69, 9.17) is 21.4 Å². The van der Waals surface area contributed by atoms with E-state index in [1.54, 1.807) is 18.2 Å². The third kappa shape index (κ3) is 3.36. The number of hydrogen-bond donors (Lipinski definition) is 0. The average Bonchev–Trinajstić information content (AvgIpc) is 3.05. The summed E-state index contributed by atoms with van der Waals surface area (Å²) in [6.07, 6.45) is 1.69. The molecule has 23 heavy (non-hydrogen) atoms. The fourth-order valence-corrected chi connectivity index (χ4v) is 3.71. The molecule has 4 nitrogen and oxygen atoms in total. The van der Waals surface area contributed by atoms with Gasteiger partial charge in [0, 0.05) is 6.08 Å². The summed E-state index contributed by atoms with van der Waals surface area (Å²) < 4.78 is 12.1. The van der Waals surface area contributed by atoms with Gasteiger partial charge in [0.05, 0.1) is 17.2 Å². The Bertz CT molecular complexity index is 800. The van der Waals surface area contributed by atoms with E-state index in [0.717, 1.165) is 0 Å². The van der Waals surface area contributed by atoms with Crippen LogP contribution < -0.4 is 9.64 Å². The van der Waals surface area contributed by atoms with Gasteiger partial charge in [-0.25, -0.2) is 0 Å². The number of furan rings is 1. The lowest BCUT2D eigenvalue weighted by molar-refractivity contribution is -0.113. The number of halogens is 1. The van der Waals surface area contributed by atoms with E-state index in [2.05, 4.69) is 15.9 Å². The van der Waals surface area contributed by atoms with Crippen molar-refractivity contribution in [3.05, 3.63) is 51.7 Å². The number of benzene rings is 1. The number of hydrogen-bond acceptors (Lipinski definition) is 5. The second-order valence-electron chi connectivity index (χ2n) is 4.56. The predicted octanol–water partition coefficient (Wildman–Crippen LogP) is 4.85. The first-order chi connectivity index (χ1) is 11.1. The Labute approximate surface area is 151 Å². The number of nitrogens with zero attached hydrogens (tertiary/aromatic N) is 1. The minimum Gasteiger partial charge on any atom is -0.492 e. The molecule has 1 aliphatic rings. The van der Waals surface area contributed by atoms with E-state index in [1.807, 2.05) is 31.2 Å². The lowest BCUT2D eigenvalue weighted by Gasteiger charge is -2.18. The minimum atomic E-state index is -0.181. The predicted molar refractivity (Wildman–Crippen MR) is 99.7 cm³/mol. The molecule has 1 aliphatic heterocycles. The Morgan fingerprint density at radius 1 is 1.35 bits per heavy atom. The first-order valence-corrected chi connectivity index (χ1v) is 8.87. The Balaban J connectivity index is 1.95. The molecule has 2 heterocycles. The van der Waals surface area contributed by atoms with Crippen LogP contribution in [-0.2, 0) is 4.79 Å². The van der Waals surface area contributed by atoms with Crippen LogP contribution in [0.2, 0.25) is 0 Å².